The van der Waals surface area contributed by atoms with Crippen LogP contribution in [0.15, 0.2) is 54.9 Å². The summed E-state index contributed by atoms with van der Waals surface area (Å²) < 4.78 is 40.1. The molecule has 1 aliphatic heterocycles. The van der Waals surface area contributed by atoms with Gasteiger partial charge in [-0.25, -0.2) is 9.97 Å². The SMILES string of the molecule is O=C1C(Nc2cc(C(F)(F)F)nc(-c3cccnc3)n2)CCN1c1cccc(Cl)c1. The highest BCUT2D eigenvalue weighted by molar-refractivity contribution is 6.31. The molecule has 10 heteroatoms. The van der Waals surface area contributed by atoms with Crippen molar-refractivity contribution in [1.29, 1.82) is 0 Å². The van der Waals surface area contributed by atoms with Crippen LogP contribution in [0.1, 0.15) is 12.1 Å². The van der Waals surface area contributed by atoms with Gasteiger partial charge in [-0.3, -0.25) is 9.78 Å². The van der Waals surface area contributed by atoms with Crippen molar-refractivity contribution in [1.82, 2.24) is 15.0 Å². The number of anilines is 2. The molecule has 0 radical (unpaired) electrons. The van der Waals surface area contributed by atoms with Crippen molar-refractivity contribution < 1.29 is 18.0 Å². The Bertz CT molecular complexity index is 1080. The van der Waals surface area contributed by atoms with E-state index in [9.17, 15) is 18.0 Å². The lowest BCUT2D eigenvalue weighted by Crippen LogP contribution is -2.33. The van der Waals surface area contributed by atoms with Gasteiger partial charge in [-0.1, -0.05) is 17.7 Å². The van der Waals surface area contributed by atoms with Crippen molar-refractivity contribution in [3.05, 3.63) is 65.6 Å². The summed E-state index contributed by atoms with van der Waals surface area (Å²) in [4.78, 5) is 26.0. The molecule has 1 fully saturated rings. The minimum Gasteiger partial charge on any atom is -0.358 e. The van der Waals surface area contributed by atoms with E-state index in [1.54, 1.807) is 36.4 Å². The summed E-state index contributed by atoms with van der Waals surface area (Å²) in [5.41, 5.74) is -0.132. The number of carbonyl (C=O) groups excluding carboxylic acids is 1. The molecule has 1 unspecified atom stereocenters. The summed E-state index contributed by atoms with van der Waals surface area (Å²) in [5.74, 6) is -0.479. The lowest BCUT2D eigenvalue weighted by molar-refractivity contribution is -0.141. The van der Waals surface area contributed by atoms with E-state index in [0.717, 1.165) is 6.07 Å². The highest BCUT2D eigenvalue weighted by atomic mass is 35.5. The molecule has 1 atom stereocenters. The Balaban J connectivity index is 1.62. The van der Waals surface area contributed by atoms with Gasteiger partial charge in [-0.2, -0.15) is 13.2 Å². The maximum atomic E-state index is 13.4. The fraction of sp³-hybridized carbons (Fsp3) is 0.200. The van der Waals surface area contributed by atoms with Crippen LogP contribution < -0.4 is 10.2 Å². The third kappa shape index (κ3) is 4.20. The maximum absolute atomic E-state index is 13.4. The van der Waals surface area contributed by atoms with Crippen molar-refractivity contribution in [3.8, 4) is 11.4 Å². The van der Waals surface area contributed by atoms with Gasteiger partial charge in [0.15, 0.2) is 11.5 Å². The number of nitrogens with zero attached hydrogens (tertiary/aromatic N) is 4. The zero-order valence-electron chi connectivity index (χ0n) is 15.4. The van der Waals surface area contributed by atoms with E-state index in [1.807, 2.05) is 0 Å². The number of carbonyl (C=O) groups is 1. The number of hydrogen-bond acceptors (Lipinski definition) is 5. The first-order valence-electron chi connectivity index (χ1n) is 9.01. The van der Waals surface area contributed by atoms with E-state index in [-0.39, 0.29) is 17.5 Å². The maximum Gasteiger partial charge on any atom is 0.433 e. The van der Waals surface area contributed by atoms with E-state index >= 15 is 0 Å². The molecule has 1 aliphatic rings. The van der Waals surface area contributed by atoms with E-state index < -0.39 is 17.9 Å². The number of alkyl halides is 3. The Hall–Kier alpha value is -3.20. The molecular formula is C20H15ClF3N5O. The molecule has 0 spiro atoms. The zero-order valence-corrected chi connectivity index (χ0v) is 16.2. The van der Waals surface area contributed by atoms with Gasteiger partial charge in [0.2, 0.25) is 5.91 Å². The minimum atomic E-state index is -4.66. The third-order valence-electron chi connectivity index (χ3n) is 4.58. The summed E-state index contributed by atoms with van der Waals surface area (Å²) in [6.07, 6.45) is -1.39. The molecule has 1 amide bonds. The Morgan fingerprint density at radius 3 is 2.67 bits per heavy atom. The summed E-state index contributed by atoms with van der Waals surface area (Å²) in [7, 11) is 0. The van der Waals surface area contributed by atoms with Gasteiger partial charge in [-0.05, 0) is 36.8 Å². The van der Waals surface area contributed by atoms with Crippen LogP contribution in [0.5, 0.6) is 0 Å². The average Bonchev–Trinajstić information content (AvgIpc) is 3.08. The van der Waals surface area contributed by atoms with E-state index in [1.165, 1.54) is 17.3 Å². The molecule has 1 saturated heterocycles. The average molecular weight is 434 g/mol. The lowest BCUT2D eigenvalue weighted by Gasteiger charge is -2.18. The zero-order chi connectivity index (χ0) is 21.3. The van der Waals surface area contributed by atoms with Crippen molar-refractivity contribution in [2.45, 2.75) is 18.6 Å². The highest BCUT2D eigenvalue weighted by Gasteiger charge is 2.36. The lowest BCUT2D eigenvalue weighted by atomic mass is 10.2. The molecular weight excluding hydrogens is 419 g/mol. The topological polar surface area (TPSA) is 71.0 Å². The van der Waals surface area contributed by atoms with Crippen LogP contribution in [0.2, 0.25) is 5.02 Å². The van der Waals surface area contributed by atoms with E-state index in [4.69, 9.17) is 11.6 Å². The van der Waals surface area contributed by atoms with Crippen LogP contribution in [0, 0.1) is 0 Å². The number of benzene rings is 1. The molecule has 6 nitrogen and oxygen atoms in total. The number of pyridine rings is 1. The highest BCUT2D eigenvalue weighted by Crippen LogP contribution is 2.32. The van der Waals surface area contributed by atoms with Crippen LogP contribution in [0.3, 0.4) is 0 Å². The van der Waals surface area contributed by atoms with Crippen molar-refractivity contribution >= 4 is 29.0 Å². The quantitative estimate of drug-likeness (QED) is 0.659. The first-order valence-corrected chi connectivity index (χ1v) is 9.39. The fourth-order valence-corrected chi connectivity index (χ4v) is 3.37. The van der Waals surface area contributed by atoms with Gasteiger partial charge in [0, 0.05) is 41.3 Å². The van der Waals surface area contributed by atoms with Crippen LogP contribution in [-0.2, 0) is 11.0 Å². The van der Waals surface area contributed by atoms with Gasteiger partial charge < -0.3 is 10.2 Å². The summed E-state index contributed by atoms with van der Waals surface area (Å²) in [6.45, 7) is 0.406. The largest absolute Gasteiger partial charge is 0.433 e. The molecule has 2 aromatic heterocycles. The van der Waals surface area contributed by atoms with Gasteiger partial charge in [0.05, 0.1) is 0 Å². The first kappa shape index (κ1) is 20.1. The van der Waals surface area contributed by atoms with Crippen LogP contribution in [-0.4, -0.2) is 33.4 Å². The standard InChI is InChI=1S/C20H15ClF3N5O/c21-13-4-1-5-14(9-13)29-8-6-15(19(29)30)26-17-10-16(20(22,23)24)27-18(28-17)12-3-2-7-25-11-12/h1-5,7,9-11,15H,6,8H2,(H,26,27,28). The molecule has 3 aromatic rings. The molecule has 30 heavy (non-hydrogen) atoms. The number of nitrogens with one attached hydrogen (secondary N) is 1. The molecule has 3 heterocycles. The number of hydrogen-bond donors (Lipinski definition) is 1. The molecule has 1 aromatic carbocycles. The predicted molar refractivity (Wildman–Crippen MR) is 106 cm³/mol. The Labute approximate surface area is 174 Å². The van der Waals surface area contributed by atoms with Gasteiger partial charge >= 0.3 is 6.18 Å². The van der Waals surface area contributed by atoms with Crippen LogP contribution in [0.25, 0.3) is 11.4 Å². The second kappa shape index (κ2) is 7.91. The molecule has 154 valence electrons. The smallest absolute Gasteiger partial charge is 0.358 e. The number of aromatic nitrogens is 3. The second-order valence-corrected chi connectivity index (χ2v) is 7.09. The predicted octanol–water partition coefficient (Wildman–Crippen LogP) is 4.43. The Kier molecular flexibility index (Phi) is 5.29. The van der Waals surface area contributed by atoms with E-state index in [2.05, 4.69) is 20.3 Å². The molecule has 4 rings (SSSR count). The van der Waals surface area contributed by atoms with Crippen LogP contribution >= 0.6 is 11.6 Å². The fourth-order valence-electron chi connectivity index (χ4n) is 3.18. The number of halogens is 4. The Morgan fingerprint density at radius 2 is 1.97 bits per heavy atom. The Morgan fingerprint density at radius 1 is 1.13 bits per heavy atom. The summed E-state index contributed by atoms with van der Waals surface area (Å²) in [6, 6.07) is 10.1. The molecule has 0 saturated carbocycles. The normalized spacial score (nSPS) is 16.7. The van der Waals surface area contributed by atoms with Crippen molar-refractivity contribution in [3.63, 3.8) is 0 Å². The first-order chi connectivity index (χ1) is 14.3. The van der Waals surface area contributed by atoms with Gasteiger partial charge in [0.1, 0.15) is 11.9 Å². The molecule has 1 N–H and O–H groups in total. The monoisotopic (exact) mass is 433 g/mol. The van der Waals surface area contributed by atoms with Crippen LogP contribution in [0.4, 0.5) is 24.7 Å². The van der Waals surface area contributed by atoms with E-state index in [0.29, 0.717) is 29.2 Å². The van der Waals surface area contributed by atoms with Crippen molar-refractivity contribution in [2.24, 2.45) is 0 Å². The molecule has 0 aliphatic carbocycles. The summed E-state index contributed by atoms with van der Waals surface area (Å²) in [5, 5.41) is 3.32. The summed E-state index contributed by atoms with van der Waals surface area (Å²) >= 11 is 5.99. The number of amides is 1. The second-order valence-electron chi connectivity index (χ2n) is 6.66. The minimum absolute atomic E-state index is 0.0810. The molecule has 0 bridgehead atoms. The number of rotatable bonds is 4. The third-order valence-corrected chi connectivity index (χ3v) is 4.82. The van der Waals surface area contributed by atoms with Crippen molar-refractivity contribution in [2.75, 3.05) is 16.8 Å². The van der Waals surface area contributed by atoms with Gasteiger partial charge in [-0.15, -0.1) is 0 Å². The van der Waals surface area contributed by atoms with Gasteiger partial charge in [0.25, 0.3) is 0 Å².